The third kappa shape index (κ3) is 5.21. The first-order valence-electron chi connectivity index (χ1n) is 7.38. The molecule has 0 bridgehead atoms. The average molecular weight is 309 g/mol. The van der Waals surface area contributed by atoms with Crippen molar-refractivity contribution in [2.45, 2.75) is 38.6 Å². The summed E-state index contributed by atoms with van der Waals surface area (Å²) < 4.78 is 26.7. The molecule has 0 aliphatic carbocycles. The van der Waals surface area contributed by atoms with Gasteiger partial charge in [0, 0.05) is 17.0 Å². The number of thiophene rings is 1. The van der Waals surface area contributed by atoms with Crippen molar-refractivity contribution >= 4 is 11.3 Å². The summed E-state index contributed by atoms with van der Waals surface area (Å²) in [6, 6.07) is 8.28. The van der Waals surface area contributed by atoms with Crippen molar-refractivity contribution in [3.8, 4) is 0 Å². The molecule has 21 heavy (non-hydrogen) atoms. The Bertz CT molecular complexity index is 540. The quantitative estimate of drug-likeness (QED) is 0.753. The zero-order chi connectivity index (χ0) is 15.1. The molecular weight excluding hydrogens is 288 g/mol. The van der Waals surface area contributed by atoms with E-state index in [1.165, 1.54) is 10.9 Å². The maximum Gasteiger partial charge on any atom is 0.129 e. The number of benzene rings is 1. The summed E-state index contributed by atoms with van der Waals surface area (Å²) >= 11 is 1.77. The summed E-state index contributed by atoms with van der Waals surface area (Å²) in [6.45, 7) is 2.90. The topological polar surface area (TPSA) is 12.0 Å². The molecule has 4 heteroatoms. The van der Waals surface area contributed by atoms with Crippen molar-refractivity contribution in [1.29, 1.82) is 0 Å². The van der Waals surface area contributed by atoms with Gasteiger partial charge in [0.25, 0.3) is 0 Å². The lowest BCUT2D eigenvalue weighted by atomic mass is 10.00. The van der Waals surface area contributed by atoms with E-state index in [9.17, 15) is 8.78 Å². The monoisotopic (exact) mass is 309 g/mol. The van der Waals surface area contributed by atoms with Crippen LogP contribution in [0, 0.1) is 11.6 Å². The van der Waals surface area contributed by atoms with Crippen molar-refractivity contribution in [3.63, 3.8) is 0 Å². The lowest BCUT2D eigenvalue weighted by Crippen LogP contribution is -2.31. The molecule has 1 aromatic heterocycles. The fraction of sp³-hybridized carbons (Fsp3) is 0.412. The molecule has 2 aromatic rings. The Morgan fingerprint density at radius 1 is 1.24 bits per heavy atom. The van der Waals surface area contributed by atoms with Crippen LogP contribution in [0.2, 0.25) is 0 Å². The minimum Gasteiger partial charge on any atom is -0.314 e. The highest BCUT2D eigenvalue weighted by atomic mass is 32.1. The first-order valence-corrected chi connectivity index (χ1v) is 8.26. The van der Waals surface area contributed by atoms with E-state index in [0.29, 0.717) is 12.0 Å². The second-order valence-corrected chi connectivity index (χ2v) is 6.20. The first kappa shape index (κ1) is 16.1. The second kappa shape index (κ2) is 8.25. The van der Waals surface area contributed by atoms with Crippen molar-refractivity contribution in [3.05, 3.63) is 57.8 Å². The van der Waals surface area contributed by atoms with Crippen LogP contribution in [-0.2, 0) is 12.8 Å². The Balaban J connectivity index is 1.88. The van der Waals surface area contributed by atoms with Gasteiger partial charge in [0.2, 0.25) is 0 Å². The number of aryl methyl sites for hydroxylation is 1. The number of nitrogens with one attached hydrogen (secondary N) is 1. The van der Waals surface area contributed by atoms with E-state index in [-0.39, 0.29) is 6.04 Å². The van der Waals surface area contributed by atoms with Gasteiger partial charge in [-0.3, -0.25) is 0 Å². The average Bonchev–Trinajstić information content (AvgIpc) is 2.95. The molecule has 1 aromatic carbocycles. The Labute approximate surface area is 129 Å². The van der Waals surface area contributed by atoms with Crippen molar-refractivity contribution in [2.24, 2.45) is 0 Å². The van der Waals surface area contributed by atoms with E-state index in [4.69, 9.17) is 0 Å². The molecule has 0 radical (unpaired) electrons. The molecule has 1 unspecified atom stereocenters. The van der Waals surface area contributed by atoms with Gasteiger partial charge in [0.15, 0.2) is 0 Å². The molecule has 0 saturated heterocycles. The maximum atomic E-state index is 13.7. The smallest absolute Gasteiger partial charge is 0.129 e. The lowest BCUT2D eigenvalue weighted by Gasteiger charge is -2.18. The van der Waals surface area contributed by atoms with Crippen LogP contribution in [0.4, 0.5) is 8.78 Å². The summed E-state index contributed by atoms with van der Waals surface area (Å²) in [7, 11) is 0. The van der Waals surface area contributed by atoms with Crippen LogP contribution in [0.25, 0.3) is 0 Å². The molecule has 1 heterocycles. The summed E-state index contributed by atoms with van der Waals surface area (Å²) in [6.07, 6.45) is 3.72. The highest BCUT2D eigenvalue weighted by Crippen LogP contribution is 2.16. The molecule has 1 atom stereocenters. The second-order valence-electron chi connectivity index (χ2n) is 5.17. The van der Waals surface area contributed by atoms with Gasteiger partial charge in [-0.25, -0.2) is 8.78 Å². The molecule has 0 amide bonds. The minimum absolute atomic E-state index is 0.231. The van der Waals surface area contributed by atoms with Gasteiger partial charge in [-0.15, -0.1) is 11.3 Å². The van der Waals surface area contributed by atoms with E-state index in [2.05, 4.69) is 22.8 Å². The van der Waals surface area contributed by atoms with E-state index in [1.807, 2.05) is 6.92 Å². The SMILES string of the molecule is CCNC(CCCc1cccs1)Cc1ccc(F)cc1F. The Hall–Kier alpha value is -1.26. The predicted molar refractivity (Wildman–Crippen MR) is 84.8 cm³/mol. The van der Waals surface area contributed by atoms with E-state index < -0.39 is 11.6 Å². The number of rotatable bonds is 8. The molecule has 0 spiro atoms. The van der Waals surface area contributed by atoms with Crippen molar-refractivity contribution in [1.82, 2.24) is 5.32 Å². The largest absolute Gasteiger partial charge is 0.314 e. The van der Waals surface area contributed by atoms with Crippen LogP contribution < -0.4 is 5.32 Å². The van der Waals surface area contributed by atoms with Gasteiger partial charge in [0.05, 0.1) is 0 Å². The Kier molecular flexibility index (Phi) is 6.33. The van der Waals surface area contributed by atoms with Crippen LogP contribution in [-0.4, -0.2) is 12.6 Å². The van der Waals surface area contributed by atoms with Gasteiger partial charge in [-0.2, -0.15) is 0 Å². The molecule has 0 aliphatic rings. The third-order valence-corrected chi connectivity index (χ3v) is 4.47. The van der Waals surface area contributed by atoms with Crippen molar-refractivity contribution in [2.75, 3.05) is 6.54 Å². The number of likely N-dealkylation sites (N-methyl/N-ethyl adjacent to an activating group) is 1. The molecule has 114 valence electrons. The molecule has 2 rings (SSSR count). The highest BCUT2D eigenvalue weighted by molar-refractivity contribution is 7.09. The van der Waals surface area contributed by atoms with Crippen LogP contribution in [0.15, 0.2) is 35.7 Å². The molecule has 1 nitrogen and oxygen atoms in total. The van der Waals surface area contributed by atoms with Gasteiger partial charge < -0.3 is 5.32 Å². The van der Waals surface area contributed by atoms with Crippen LogP contribution in [0.1, 0.15) is 30.2 Å². The van der Waals surface area contributed by atoms with Gasteiger partial charge in [0.1, 0.15) is 11.6 Å². The van der Waals surface area contributed by atoms with Crippen LogP contribution in [0.5, 0.6) is 0 Å². The van der Waals surface area contributed by atoms with E-state index in [0.717, 1.165) is 31.9 Å². The molecule has 0 aliphatic heterocycles. The number of hydrogen-bond acceptors (Lipinski definition) is 2. The van der Waals surface area contributed by atoms with Crippen LogP contribution in [0.3, 0.4) is 0 Å². The maximum absolute atomic E-state index is 13.7. The molecular formula is C17H21F2NS. The van der Waals surface area contributed by atoms with Crippen molar-refractivity contribution < 1.29 is 8.78 Å². The van der Waals surface area contributed by atoms with E-state index >= 15 is 0 Å². The summed E-state index contributed by atoms with van der Waals surface area (Å²) in [4.78, 5) is 1.39. The fourth-order valence-corrected chi connectivity index (χ4v) is 3.25. The summed E-state index contributed by atoms with van der Waals surface area (Å²) in [5.41, 5.74) is 0.582. The highest BCUT2D eigenvalue weighted by Gasteiger charge is 2.12. The van der Waals surface area contributed by atoms with Crippen LogP contribution >= 0.6 is 11.3 Å². The summed E-state index contributed by atoms with van der Waals surface area (Å²) in [5, 5.41) is 5.48. The normalized spacial score (nSPS) is 12.5. The minimum atomic E-state index is -0.519. The van der Waals surface area contributed by atoms with Gasteiger partial charge in [-0.05, 0) is 55.3 Å². The number of halogens is 2. The first-order chi connectivity index (χ1) is 10.2. The standard InChI is InChI=1S/C17H21F2NS/c1-2-20-15(5-3-6-16-7-4-10-21-16)11-13-8-9-14(18)12-17(13)19/h4,7-10,12,15,20H,2-3,5-6,11H2,1H3. The summed E-state index contributed by atoms with van der Waals surface area (Å²) in [5.74, 6) is -0.967. The third-order valence-electron chi connectivity index (χ3n) is 3.53. The zero-order valence-corrected chi connectivity index (χ0v) is 13.1. The van der Waals surface area contributed by atoms with Gasteiger partial charge in [-0.1, -0.05) is 19.1 Å². The lowest BCUT2D eigenvalue weighted by molar-refractivity contribution is 0.466. The Morgan fingerprint density at radius 2 is 2.10 bits per heavy atom. The van der Waals surface area contributed by atoms with E-state index in [1.54, 1.807) is 17.4 Å². The molecule has 0 fully saturated rings. The molecule has 0 saturated carbocycles. The Morgan fingerprint density at radius 3 is 2.76 bits per heavy atom. The van der Waals surface area contributed by atoms with Gasteiger partial charge >= 0.3 is 0 Å². The number of hydrogen-bond donors (Lipinski definition) is 1. The zero-order valence-electron chi connectivity index (χ0n) is 12.2. The fourth-order valence-electron chi connectivity index (χ4n) is 2.50. The molecule has 1 N–H and O–H groups in total. The predicted octanol–water partition coefficient (Wildman–Crippen LogP) is 4.57.